The van der Waals surface area contributed by atoms with Crippen molar-refractivity contribution in [1.29, 1.82) is 0 Å². The van der Waals surface area contributed by atoms with E-state index in [1.54, 1.807) is 0 Å². The Morgan fingerprint density at radius 1 is 0.288 bits per heavy atom. The van der Waals surface area contributed by atoms with E-state index >= 15 is 0 Å². The Morgan fingerprint density at radius 2 is 0.596 bits per heavy atom. The van der Waals surface area contributed by atoms with Crippen LogP contribution in [0.4, 0.5) is 34.1 Å². The van der Waals surface area contributed by atoms with Gasteiger partial charge >= 0.3 is 0 Å². The second kappa shape index (κ2) is 13.5. The Balaban J connectivity index is 1.28. The van der Waals surface area contributed by atoms with Gasteiger partial charge in [0.25, 0.3) is 0 Å². The number of rotatable bonds is 7. The zero-order chi connectivity index (χ0) is 35.9. The van der Waals surface area contributed by atoms with Gasteiger partial charge in [-0.3, -0.25) is 0 Å². The molecule has 0 aliphatic rings. The normalized spacial score (nSPS) is 11.3. The molecule has 8 aromatic rings. The lowest BCUT2D eigenvalue weighted by molar-refractivity contribution is 1.22. The molecule has 0 aromatic heterocycles. The average Bonchev–Trinajstić information content (AvgIpc) is 3.14. The minimum atomic E-state index is 1.16. The summed E-state index contributed by atoms with van der Waals surface area (Å²) in [6.07, 6.45) is 0. The van der Waals surface area contributed by atoms with Crippen molar-refractivity contribution in [2.24, 2.45) is 0 Å². The minimum absolute atomic E-state index is 1.16. The monoisotopic (exact) mass is 672 g/mol. The van der Waals surface area contributed by atoms with Crippen LogP contribution >= 0.6 is 0 Å². The van der Waals surface area contributed by atoms with Gasteiger partial charge in [0.1, 0.15) is 0 Å². The molecule has 254 valence electrons. The number of para-hydroxylation sites is 2. The molecule has 0 amide bonds. The Bertz CT molecular complexity index is 2370. The maximum Gasteiger partial charge on any atom is 0.0540 e. The molecule has 0 aliphatic carbocycles. The predicted octanol–water partition coefficient (Wildman–Crippen LogP) is 14.5. The molecule has 0 spiro atoms. The van der Waals surface area contributed by atoms with Crippen LogP contribution in [-0.2, 0) is 0 Å². The van der Waals surface area contributed by atoms with Gasteiger partial charge in [0, 0.05) is 33.5 Å². The highest BCUT2D eigenvalue weighted by molar-refractivity contribution is 6.01. The van der Waals surface area contributed by atoms with E-state index in [0.717, 1.165) is 11.4 Å². The van der Waals surface area contributed by atoms with Crippen molar-refractivity contribution in [3.8, 4) is 11.1 Å². The lowest BCUT2D eigenvalue weighted by Gasteiger charge is -2.31. The van der Waals surface area contributed by atoms with Gasteiger partial charge in [0.15, 0.2) is 0 Å². The molecule has 0 aliphatic heterocycles. The van der Waals surface area contributed by atoms with Crippen LogP contribution in [0.3, 0.4) is 0 Å². The average molecular weight is 673 g/mol. The largest absolute Gasteiger partial charge is 0.310 e. The second-order valence-corrected chi connectivity index (χ2v) is 14.1. The summed E-state index contributed by atoms with van der Waals surface area (Å²) < 4.78 is 0. The highest BCUT2D eigenvalue weighted by atomic mass is 15.2. The number of nitrogens with zero attached hydrogens (tertiary/aromatic N) is 2. The standard InChI is InChI=1S/C50H44N2/c1-33-17-7-13-25-45(33)51(47-27-15-21-39-19-9-11-23-43(39)47)41-29-35(3)49(36(4)30-41)50-37(5)31-42(32-38(50)6)52(46-26-14-8-18-34(46)2)48-28-16-22-40-20-10-12-24-44(40)48/h7-32H,1-6H3. The minimum Gasteiger partial charge on any atom is -0.310 e. The van der Waals surface area contributed by atoms with Gasteiger partial charge in [-0.25, -0.2) is 0 Å². The first-order valence-corrected chi connectivity index (χ1v) is 18.2. The number of hydrogen-bond donors (Lipinski definition) is 0. The predicted molar refractivity (Wildman–Crippen MR) is 225 cm³/mol. The van der Waals surface area contributed by atoms with E-state index in [4.69, 9.17) is 0 Å². The first kappa shape index (κ1) is 33.0. The van der Waals surface area contributed by atoms with Crippen molar-refractivity contribution in [3.05, 3.63) is 191 Å². The fraction of sp³-hybridized carbons (Fsp3) is 0.120. The molecule has 0 bridgehead atoms. The molecule has 0 saturated heterocycles. The van der Waals surface area contributed by atoms with E-state index in [9.17, 15) is 0 Å². The zero-order valence-electron chi connectivity index (χ0n) is 30.9. The molecular formula is C50H44N2. The summed E-state index contributed by atoms with van der Waals surface area (Å²) >= 11 is 0. The third-order valence-corrected chi connectivity index (χ3v) is 10.5. The van der Waals surface area contributed by atoms with Crippen molar-refractivity contribution < 1.29 is 0 Å². The van der Waals surface area contributed by atoms with Crippen LogP contribution in [0, 0.1) is 41.5 Å². The van der Waals surface area contributed by atoms with Crippen LogP contribution < -0.4 is 9.80 Å². The van der Waals surface area contributed by atoms with Gasteiger partial charge in [-0.15, -0.1) is 0 Å². The number of benzene rings is 8. The summed E-state index contributed by atoms with van der Waals surface area (Å²) in [5, 5.41) is 4.94. The van der Waals surface area contributed by atoms with Gasteiger partial charge in [0.2, 0.25) is 0 Å². The molecule has 0 heterocycles. The van der Waals surface area contributed by atoms with Crippen molar-refractivity contribution in [1.82, 2.24) is 0 Å². The van der Waals surface area contributed by atoms with E-state index in [2.05, 4.69) is 209 Å². The molecule has 0 unspecified atom stereocenters. The van der Waals surface area contributed by atoms with Gasteiger partial charge in [-0.2, -0.15) is 0 Å². The number of aryl methyl sites for hydroxylation is 6. The summed E-state index contributed by atoms with van der Waals surface area (Å²) in [6, 6.07) is 57.5. The Hall–Kier alpha value is -6.12. The summed E-state index contributed by atoms with van der Waals surface area (Å²) in [5.41, 5.74) is 17.2. The molecular weight excluding hydrogens is 629 g/mol. The zero-order valence-corrected chi connectivity index (χ0v) is 30.9. The summed E-state index contributed by atoms with van der Waals surface area (Å²) in [7, 11) is 0. The number of fused-ring (bicyclic) bond motifs is 2. The molecule has 0 radical (unpaired) electrons. The van der Waals surface area contributed by atoms with E-state index in [0.29, 0.717) is 0 Å². The van der Waals surface area contributed by atoms with Crippen LogP contribution in [0.15, 0.2) is 158 Å². The fourth-order valence-electron chi connectivity index (χ4n) is 8.18. The molecule has 0 saturated carbocycles. The molecule has 8 rings (SSSR count). The summed E-state index contributed by atoms with van der Waals surface area (Å²) in [6.45, 7) is 13.5. The molecule has 0 N–H and O–H groups in total. The Kier molecular flexibility index (Phi) is 8.61. The first-order chi connectivity index (χ1) is 25.3. The van der Waals surface area contributed by atoms with Crippen LogP contribution in [0.1, 0.15) is 33.4 Å². The lowest BCUT2D eigenvalue weighted by atomic mass is 9.88. The van der Waals surface area contributed by atoms with Crippen LogP contribution in [0.25, 0.3) is 32.7 Å². The topological polar surface area (TPSA) is 6.48 Å². The van der Waals surface area contributed by atoms with Crippen LogP contribution in [0.5, 0.6) is 0 Å². The first-order valence-electron chi connectivity index (χ1n) is 18.2. The molecule has 0 atom stereocenters. The van der Waals surface area contributed by atoms with Crippen molar-refractivity contribution in [2.75, 3.05) is 9.80 Å². The third-order valence-electron chi connectivity index (χ3n) is 10.5. The summed E-state index contributed by atoms with van der Waals surface area (Å²) in [5.74, 6) is 0. The molecule has 8 aromatic carbocycles. The highest BCUT2D eigenvalue weighted by Crippen LogP contribution is 2.46. The van der Waals surface area contributed by atoms with Crippen molar-refractivity contribution in [2.45, 2.75) is 41.5 Å². The maximum atomic E-state index is 2.44. The van der Waals surface area contributed by atoms with E-state index in [1.165, 1.54) is 88.8 Å². The van der Waals surface area contributed by atoms with Gasteiger partial charge in [-0.1, -0.05) is 109 Å². The van der Waals surface area contributed by atoms with E-state index in [-0.39, 0.29) is 0 Å². The Morgan fingerprint density at radius 3 is 0.981 bits per heavy atom. The molecule has 2 heteroatoms. The smallest absolute Gasteiger partial charge is 0.0540 e. The van der Waals surface area contributed by atoms with Gasteiger partial charge in [-0.05, 0) is 145 Å². The quantitative estimate of drug-likeness (QED) is 0.166. The Labute approximate surface area is 308 Å². The van der Waals surface area contributed by atoms with Gasteiger partial charge < -0.3 is 9.80 Å². The third kappa shape index (κ3) is 5.81. The highest BCUT2D eigenvalue weighted by Gasteiger charge is 2.23. The van der Waals surface area contributed by atoms with Gasteiger partial charge in [0.05, 0.1) is 11.4 Å². The number of hydrogen-bond acceptors (Lipinski definition) is 2. The fourth-order valence-corrected chi connectivity index (χ4v) is 8.18. The molecule has 52 heavy (non-hydrogen) atoms. The van der Waals surface area contributed by atoms with Crippen molar-refractivity contribution >= 4 is 55.7 Å². The van der Waals surface area contributed by atoms with E-state index in [1.807, 2.05) is 0 Å². The SMILES string of the molecule is Cc1ccccc1N(c1cc(C)c(-c2c(C)cc(N(c3ccccc3C)c3cccc4ccccc34)cc2C)c(C)c1)c1cccc2ccccc12. The lowest BCUT2D eigenvalue weighted by Crippen LogP contribution is -2.13. The molecule has 0 fully saturated rings. The number of anilines is 6. The second-order valence-electron chi connectivity index (χ2n) is 14.1. The van der Waals surface area contributed by atoms with Crippen molar-refractivity contribution in [3.63, 3.8) is 0 Å². The van der Waals surface area contributed by atoms with E-state index < -0.39 is 0 Å². The van der Waals surface area contributed by atoms with Crippen LogP contribution in [-0.4, -0.2) is 0 Å². The molecule has 2 nitrogen and oxygen atoms in total. The summed E-state index contributed by atoms with van der Waals surface area (Å²) in [4.78, 5) is 4.88. The van der Waals surface area contributed by atoms with Crippen LogP contribution in [0.2, 0.25) is 0 Å². The maximum absolute atomic E-state index is 2.44.